The standard InChI is InChI=1S/C32H62O3/c1-4-5-6-21-26-31(33)27-22-17-13-9-10-14-18-23-28-32(34)35-29-24-19-15-11-7-8-12-16-20-25-30(2)3/h17,22,30-31,33H,4-16,18-21,23-29H2,1-3H3/t31-/m1/s1. The van der Waals surface area contributed by atoms with Gasteiger partial charge in [-0.2, -0.15) is 0 Å². The first kappa shape index (κ1) is 34.2. The minimum absolute atomic E-state index is 0.0115. The second-order valence-corrected chi connectivity index (χ2v) is 11.1. The smallest absolute Gasteiger partial charge is 0.305 e. The molecule has 1 N–H and O–H groups in total. The minimum atomic E-state index is -0.165. The number of hydrogen-bond acceptors (Lipinski definition) is 3. The van der Waals surface area contributed by atoms with Gasteiger partial charge in [-0.15, -0.1) is 0 Å². The predicted molar refractivity (Wildman–Crippen MR) is 153 cm³/mol. The van der Waals surface area contributed by atoms with Gasteiger partial charge in [0.05, 0.1) is 12.7 Å². The molecular formula is C32H62O3. The number of hydrogen-bond donors (Lipinski definition) is 1. The van der Waals surface area contributed by atoms with Gasteiger partial charge in [-0.05, 0) is 44.4 Å². The number of unbranched alkanes of at least 4 members (excludes halogenated alkanes) is 16. The van der Waals surface area contributed by atoms with Gasteiger partial charge in [0.25, 0.3) is 0 Å². The monoisotopic (exact) mass is 494 g/mol. The molecule has 3 heteroatoms. The third-order valence-electron chi connectivity index (χ3n) is 6.91. The highest BCUT2D eigenvalue weighted by Gasteiger charge is 2.03. The van der Waals surface area contributed by atoms with Crippen LogP contribution in [0.25, 0.3) is 0 Å². The molecule has 0 saturated heterocycles. The molecule has 3 nitrogen and oxygen atoms in total. The lowest BCUT2D eigenvalue weighted by molar-refractivity contribution is -0.143. The quantitative estimate of drug-likeness (QED) is 0.0701. The Labute approximate surface area is 219 Å². The number of carbonyl (C=O) groups excluding carboxylic acids is 1. The summed E-state index contributed by atoms with van der Waals surface area (Å²) in [6.07, 6.45) is 31.3. The van der Waals surface area contributed by atoms with E-state index in [2.05, 4.69) is 32.9 Å². The zero-order valence-corrected chi connectivity index (χ0v) is 24.0. The largest absolute Gasteiger partial charge is 0.466 e. The van der Waals surface area contributed by atoms with Gasteiger partial charge in [0, 0.05) is 6.42 Å². The fourth-order valence-corrected chi connectivity index (χ4v) is 4.51. The van der Waals surface area contributed by atoms with Crippen LogP contribution in [0.15, 0.2) is 12.2 Å². The Kier molecular flexibility index (Phi) is 27.1. The second kappa shape index (κ2) is 27.8. The molecule has 0 aromatic rings. The average Bonchev–Trinajstić information content (AvgIpc) is 2.83. The van der Waals surface area contributed by atoms with Crippen molar-refractivity contribution in [1.29, 1.82) is 0 Å². The maximum Gasteiger partial charge on any atom is 0.305 e. The molecule has 0 amide bonds. The summed E-state index contributed by atoms with van der Waals surface area (Å²) in [5.74, 6) is 0.839. The molecule has 0 heterocycles. The van der Waals surface area contributed by atoms with Gasteiger partial charge in [-0.1, -0.05) is 136 Å². The first-order chi connectivity index (χ1) is 17.1. The second-order valence-electron chi connectivity index (χ2n) is 11.1. The number of carbonyl (C=O) groups is 1. The molecule has 0 aliphatic rings. The Hall–Kier alpha value is -0.830. The van der Waals surface area contributed by atoms with Crippen molar-refractivity contribution >= 4 is 5.97 Å². The van der Waals surface area contributed by atoms with E-state index in [1.54, 1.807) is 0 Å². The zero-order chi connectivity index (χ0) is 25.8. The molecule has 0 bridgehead atoms. The number of aliphatic hydroxyl groups is 1. The van der Waals surface area contributed by atoms with Gasteiger partial charge in [0.2, 0.25) is 0 Å². The zero-order valence-electron chi connectivity index (χ0n) is 24.0. The molecule has 0 fully saturated rings. The third-order valence-corrected chi connectivity index (χ3v) is 6.91. The number of esters is 1. The lowest BCUT2D eigenvalue weighted by atomic mass is 10.0. The van der Waals surface area contributed by atoms with E-state index in [0.717, 1.165) is 50.9 Å². The molecule has 0 spiro atoms. The Morgan fingerprint density at radius 2 is 1.23 bits per heavy atom. The van der Waals surface area contributed by atoms with Gasteiger partial charge >= 0.3 is 5.97 Å². The molecule has 0 unspecified atom stereocenters. The van der Waals surface area contributed by atoms with E-state index in [1.807, 2.05) is 0 Å². The average molecular weight is 495 g/mol. The van der Waals surface area contributed by atoms with E-state index in [4.69, 9.17) is 4.74 Å². The van der Waals surface area contributed by atoms with Crippen molar-refractivity contribution in [1.82, 2.24) is 0 Å². The van der Waals surface area contributed by atoms with Gasteiger partial charge in [-0.3, -0.25) is 4.79 Å². The Morgan fingerprint density at radius 1 is 0.686 bits per heavy atom. The van der Waals surface area contributed by atoms with Crippen LogP contribution in [0.5, 0.6) is 0 Å². The third kappa shape index (κ3) is 29.3. The summed E-state index contributed by atoms with van der Waals surface area (Å²) in [6, 6.07) is 0. The molecule has 0 aromatic heterocycles. The molecule has 208 valence electrons. The van der Waals surface area contributed by atoms with Crippen molar-refractivity contribution in [3.8, 4) is 0 Å². The molecule has 0 saturated carbocycles. The lowest BCUT2D eigenvalue weighted by Crippen LogP contribution is -2.05. The fraction of sp³-hybridized carbons (Fsp3) is 0.906. The van der Waals surface area contributed by atoms with Crippen LogP contribution < -0.4 is 0 Å². The van der Waals surface area contributed by atoms with Gasteiger partial charge in [0.1, 0.15) is 0 Å². The first-order valence-corrected chi connectivity index (χ1v) is 15.5. The maximum absolute atomic E-state index is 11.9. The van der Waals surface area contributed by atoms with E-state index in [1.165, 1.54) is 96.3 Å². The van der Waals surface area contributed by atoms with Gasteiger partial charge in [-0.25, -0.2) is 0 Å². The van der Waals surface area contributed by atoms with Crippen molar-refractivity contribution in [3.05, 3.63) is 12.2 Å². The Morgan fingerprint density at radius 3 is 1.89 bits per heavy atom. The first-order valence-electron chi connectivity index (χ1n) is 15.5. The topological polar surface area (TPSA) is 46.5 Å². The van der Waals surface area contributed by atoms with Crippen LogP contribution in [0.1, 0.15) is 168 Å². The van der Waals surface area contributed by atoms with Gasteiger partial charge < -0.3 is 9.84 Å². The van der Waals surface area contributed by atoms with E-state index in [0.29, 0.717) is 13.0 Å². The van der Waals surface area contributed by atoms with E-state index >= 15 is 0 Å². The van der Waals surface area contributed by atoms with Crippen molar-refractivity contribution in [2.24, 2.45) is 5.92 Å². The van der Waals surface area contributed by atoms with Crippen molar-refractivity contribution < 1.29 is 14.6 Å². The number of aliphatic hydroxyl groups excluding tert-OH is 1. The van der Waals surface area contributed by atoms with E-state index in [9.17, 15) is 9.90 Å². The van der Waals surface area contributed by atoms with Crippen LogP contribution in [0, 0.1) is 5.92 Å². The fourth-order valence-electron chi connectivity index (χ4n) is 4.51. The van der Waals surface area contributed by atoms with Crippen molar-refractivity contribution in [3.63, 3.8) is 0 Å². The molecule has 0 aromatic carbocycles. The maximum atomic E-state index is 11.9. The molecule has 0 rings (SSSR count). The van der Waals surface area contributed by atoms with Crippen LogP contribution in [0.2, 0.25) is 0 Å². The summed E-state index contributed by atoms with van der Waals surface area (Å²) in [6.45, 7) is 7.44. The molecule has 0 aliphatic carbocycles. The summed E-state index contributed by atoms with van der Waals surface area (Å²) in [4.78, 5) is 11.9. The van der Waals surface area contributed by atoms with Crippen LogP contribution in [0.3, 0.4) is 0 Å². The molecular weight excluding hydrogens is 432 g/mol. The summed E-state index contributed by atoms with van der Waals surface area (Å²) in [5.41, 5.74) is 0. The lowest BCUT2D eigenvalue weighted by Gasteiger charge is -2.07. The normalized spacial score (nSPS) is 12.6. The van der Waals surface area contributed by atoms with Crippen molar-refractivity contribution in [2.45, 2.75) is 175 Å². The number of rotatable bonds is 27. The Bertz CT molecular complexity index is 458. The highest BCUT2D eigenvalue weighted by atomic mass is 16.5. The summed E-state index contributed by atoms with van der Waals surface area (Å²) in [7, 11) is 0. The predicted octanol–water partition coefficient (Wildman–Crippen LogP) is 10.1. The van der Waals surface area contributed by atoms with E-state index in [-0.39, 0.29) is 12.1 Å². The summed E-state index contributed by atoms with van der Waals surface area (Å²) >= 11 is 0. The van der Waals surface area contributed by atoms with Crippen LogP contribution in [0.4, 0.5) is 0 Å². The minimum Gasteiger partial charge on any atom is -0.466 e. The molecule has 1 atom stereocenters. The van der Waals surface area contributed by atoms with Crippen LogP contribution >= 0.6 is 0 Å². The van der Waals surface area contributed by atoms with Crippen molar-refractivity contribution in [2.75, 3.05) is 6.61 Å². The molecule has 35 heavy (non-hydrogen) atoms. The highest BCUT2D eigenvalue weighted by Crippen LogP contribution is 2.14. The Balaban J connectivity index is 3.28. The van der Waals surface area contributed by atoms with Crippen LogP contribution in [-0.2, 0) is 9.53 Å². The van der Waals surface area contributed by atoms with Gasteiger partial charge in [0.15, 0.2) is 0 Å². The summed E-state index contributed by atoms with van der Waals surface area (Å²) < 4.78 is 5.39. The molecule has 0 radical (unpaired) electrons. The number of allylic oxidation sites excluding steroid dienone is 1. The number of ether oxygens (including phenoxy) is 1. The molecule has 0 aliphatic heterocycles. The SMILES string of the molecule is CCCCCC[C@@H](O)CC=CCCCCCCCC(=O)OCCCCCCCCCCCC(C)C. The highest BCUT2D eigenvalue weighted by molar-refractivity contribution is 5.69. The summed E-state index contributed by atoms with van der Waals surface area (Å²) in [5, 5.41) is 9.96. The van der Waals surface area contributed by atoms with E-state index < -0.39 is 0 Å². The van der Waals surface area contributed by atoms with Crippen LogP contribution in [-0.4, -0.2) is 23.8 Å².